The summed E-state index contributed by atoms with van der Waals surface area (Å²) in [5.74, 6) is -1.52. The van der Waals surface area contributed by atoms with Crippen molar-refractivity contribution in [2.24, 2.45) is 0 Å². The number of hydrogen-bond donors (Lipinski definition) is 2. The minimum Gasteiger partial charge on any atom is -0.480 e. The van der Waals surface area contributed by atoms with Crippen LogP contribution in [0, 0.1) is 0 Å². The van der Waals surface area contributed by atoms with Gasteiger partial charge >= 0.3 is 5.97 Å². The minimum atomic E-state index is -1.09. The van der Waals surface area contributed by atoms with Gasteiger partial charge in [0.2, 0.25) is 5.91 Å². The van der Waals surface area contributed by atoms with Gasteiger partial charge in [0.1, 0.15) is 6.04 Å². The molecule has 0 bridgehead atoms. The predicted octanol–water partition coefficient (Wildman–Crippen LogP) is 2.39. The summed E-state index contributed by atoms with van der Waals surface area (Å²) in [5, 5.41) is 11.3. The number of rotatable bonds is 7. The Labute approximate surface area is 125 Å². The second kappa shape index (κ2) is 7.79. The van der Waals surface area contributed by atoms with Gasteiger partial charge in [-0.25, -0.2) is 4.79 Å². The van der Waals surface area contributed by atoms with E-state index in [4.69, 9.17) is 5.11 Å². The van der Waals surface area contributed by atoms with Crippen molar-refractivity contribution in [1.29, 1.82) is 0 Å². The molecule has 108 valence electrons. The molecular formula is C14H16BrNO4. The Morgan fingerprint density at radius 3 is 2.35 bits per heavy atom. The van der Waals surface area contributed by atoms with Crippen LogP contribution in [0.3, 0.4) is 0 Å². The lowest BCUT2D eigenvalue weighted by Gasteiger charge is -2.12. The number of carbonyl (C=O) groups excluding carboxylic acids is 2. The summed E-state index contributed by atoms with van der Waals surface area (Å²) in [7, 11) is 0. The number of Topliss-reactive ketones (excluding diaryl/α,β-unsaturated/α-hetero) is 1. The zero-order valence-corrected chi connectivity index (χ0v) is 12.6. The van der Waals surface area contributed by atoms with Gasteiger partial charge in [0, 0.05) is 23.4 Å². The highest BCUT2D eigenvalue weighted by Gasteiger charge is 2.18. The SMILES string of the molecule is CC(=O)NC(CCCC(=O)c1ccc(Br)cc1)C(=O)O. The van der Waals surface area contributed by atoms with E-state index in [0.717, 1.165) is 4.47 Å². The van der Waals surface area contributed by atoms with Crippen LogP contribution in [0.5, 0.6) is 0 Å². The Kier molecular flexibility index (Phi) is 6.38. The van der Waals surface area contributed by atoms with Crippen LogP contribution >= 0.6 is 15.9 Å². The van der Waals surface area contributed by atoms with E-state index >= 15 is 0 Å². The normalized spacial score (nSPS) is 11.7. The van der Waals surface area contributed by atoms with Gasteiger partial charge in [-0.05, 0) is 25.0 Å². The van der Waals surface area contributed by atoms with Gasteiger partial charge < -0.3 is 10.4 Å². The lowest BCUT2D eigenvalue weighted by atomic mass is 10.0. The molecule has 6 heteroatoms. The van der Waals surface area contributed by atoms with E-state index in [0.29, 0.717) is 12.0 Å². The molecule has 20 heavy (non-hydrogen) atoms. The first-order valence-corrected chi connectivity index (χ1v) is 6.98. The van der Waals surface area contributed by atoms with Crippen molar-refractivity contribution in [3.05, 3.63) is 34.3 Å². The zero-order chi connectivity index (χ0) is 15.1. The molecule has 0 spiro atoms. The summed E-state index contributed by atoms with van der Waals surface area (Å²) in [6, 6.07) is 6.06. The van der Waals surface area contributed by atoms with E-state index in [9.17, 15) is 14.4 Å². The number of benzene rings is 1. The maximum absolute atomic E-state index is 11.9. The fourth-order valence-corrected chi connectivity index (χ4v) is 2.01. The molecule has 1 aromatic carbocycles. The van der Waals surface area contributed by atoms with Crippen LogP contribution < -0.4 is 5.32 Å². The maximum Gasteiger partial charge on any atom is 0.326 e. The summed E-state index contributed by atoms with van der Waals surface area (Å²) in [5.41, 5.74) is 0.597. The van der Waals surface area contributed by atoms with E-state index < -0.39 is 17.9 Å². The largest absolute Gasteiger partial charge is 0.480 e. The van der Waals surface area contributed by atoms with Crippen LogP contribution in [0.2, 0.25) is 0 Å². The molecule has 2 N–H and O–H groups in total. The predicted molar refractivity (Wildman–Crippen MR) is 77.6 cm³/mol. The Hall–Kier alpha value is -1.69. The Balaban J connectivity index is 2.46. The van der Waals surface area contributed by atoms with Gasteiger partial charge in [0.15, 0.2) is 5.78 Å². The lowest BCUT2D eigenvalue weighted by molar-refractivity contribution is -0.141. The number of halogens is 1. The van der Waals surface area contributed by atoms with Crippen molar-refractivity contribution in [2.75, 3.05) is 0 Å². The average molecular weight is 342 g/mol. The van der Waals surface area contributed by atoms with Gasteiger partial charge in [-0.3, -0.25) is 9.59 Å². The molecule has 0 aromatic heterocycles. The van der Waals surface area contributed by atoms with Gasteiger partial charge in [-0.2, -0.15) is 0 Å². The van der Waals surface area contributed by atoms with E-state index in [1.54, 1.807) is 24.3 Å². The maximum atomic E-state index is 11.9. The molecule has 0 fully saturated rings. The molecule has 0 aliphatic rings. The van der Waals surface area contributed by atoms with Gasteiger partial charge in [-0.1, -0.05) is 28.1 Å². The van der Waals surface area contributed by atoms with Gasteiger partial charge in [-0.15, -0.1) is 0 Å². The number of carboxylic acid groups (broad SMARTS) is 1. The van der Waals surface area contributed by atoms with E-state index in [2.05, 4.69) is 21.2 Å². The summed E-state index contributed by atoms with van der Waals surface area (Å²) in [6.45, 7) is 1.27. The summed E-state index contributed by atoms with van der Waals surface area (Å²) in [4.78, 5) is 33.7. The number of nitrogens with one attached hydrogen (secondary N) is 1. The Morgan fingerprint density at radius 1 is 1.25 bits per heavy atom. The molecule has 1 aromatic rings. The molecule has 1 amide bonds. The fourth-order valence-electron chi connectivity index (χ4n) is 1.75. The number of amides is 1. The van der Waals surface area contributed by atoms with Crippen LogP contribution in [-0.4, -0.2) is 28.8 Å². The number of carbonyl (C=O) groups is 3. The van der Waals surface area contributed by atoms with Gasteiger partial charge in [0.25, 0.3) is 0 Å². The highest BCUT2D eigenvalue weighted by atomic mass is 79.9. The fraction of sp³-hybridized carbons (Fsp3) is 0.357. The Bertz CT molecular complexity index is 498. The summed E-state index contributed by atoms with van der Waals surface area (Å²) >= 11 is 3.29. The molecule has 0 radical (unpaired) electrons. The van der Waals surface area contributed by atoms with Crippen LogP contribution in [0.1, 0.15) is 36.5 Å². The smallest absolute Gasteiger partial charge is 0.326 e. The first-order chi connectivity index (χ1) is 9.40. The molecular weight excluding hydrogens is 326 g/mol. The first kappa shape index (κ1) is 16.4. The molecule has 0 saturated heterocycles. The standard InChI is InChI=1S/C14H16BrNO4/c1-9(17)16-12(14(19)20)3-2-4-13(18)10-5-7-11(15)8-6-10/h5-8,12H,2-4H2,1H3,(H,16,17)(H,19,20). The molecule has 1 rings (SSSR count). The Morgan fingerprint density at radius 2 is 1.85 bits per heavy atom. The van der Waals surface area contributed by atoms with Crippen LogP contribution in [-0.2, 0) is 9.59 Å². The third-order valence-corrected chi connectivity index (χ3v) is 3.27. The monoisotopic (exact) mass is 341 g/mol. The molecule has 0 aliphatic heterocycles. The molecule has 1 atom stereocenters. The number of ketones is 1. The molecule has 0 saturated carbocycles. The van der Waals surface area contributed by atoms with Crippen molar-refractivity contribution < 1.29 is 19.5 Å². The third kappa shape index (κ3) is 5.52. The lowest BCUT2D eigenvalue weighted by Crippen LogP contribution is -2.39. The first-order valence-electron chi connectivity index (χ1n) is 6.19. The molecule has 5 nitrogen and oxygen atoms in total. The number of hydrogen-bond acceptors (Lipinski definition) is 3. The van der Waals surface area contributed by atoms with Crippen LogP contribution in [0.25, 0.3) is 0 Å². The molecule has 1 unspecified atom stereocenters. The van der Waals surface area contributed by atoms with Crippen molar-refractivity contribution in [3.8, 4) is 0 Å². The third-order valence-electron chi connectivity index (χ3n) is 2.74. The second-order valence-corrected chi connectivity index (χ2v) is 5.33. The van der Waals surface area contributed by atoms with Crippen molar-refractivity contribution >= 4 is 33.6 Å². The second-order valence-electron chi connectivity index (χ2n) is 4.41. The molecule has 0 aliphatic carbocycles. The molecule has 0 heterocycles. The zero-order valence-electron chi connectivity index (χ0n) is 11.1. The minimum absolute atomic E-state index is 0.0375. The highest BCUT2D eigenvalue weighted by Crippen LogP contribution is 2.13. The van der Waals surface area contributed by atoms with Crippen molar-refractivity contribution in [3.63, 3.8) is 0 Å². The van der Waals surface area contributed by atoms with Crippen LogP contribution in [0.15, 0.2) is 28.7 Å². The van der Waals surface area contributed by atoms with Crippen LogP contribution in [0.4, 0.5) is 0 Å². The van der Waals surface area contributed by atoms with E-state index in [1.165, 1.54) is 6.92 Å². The topological polar surface area (TPSA) is 83.5 Å². The number of carboxylic acids is 1. The van der Waals surface area contributed by atoms with Crippen molar-refractivity contribution in [2.45, 2.75) is 32.2 Å². The van der Waals surface area contributed by atoms with E-state index in [-0.39, 0.29) is 18.6 Å². The average Bonchev–Trinajstić information content (AvgIpc) is 2.37. The van der Waals surface area contributed by atoms with E-state index in [1.807, 2.05) is 0 Å². The summed E-state index contributed by atoms with van der Waals surface area (Å²) in [6.07, 6.45) is 0.897. The number of aliphatic carboxylic acids is 1. The van der Waals surface area contributed by atoms with Crippen molar-refractivity contribution in [1.82, 2.24) is 5.32 Å². The highest BCUT2D eigenvalue weighted by molar-refractivity contribution is 9.10. The van der Waals surface area contributed by atoms with Gasteiger partial charge in [0.05, 0.1) is 0 Å². The summed E-state index contributed by atoms with van der Waals surface area (Å²) < 4.78 is 0.894. The quantitative estimate of drug-likeness (QED) is 0.746.